The van der Waals surface area contributed by atoms with Crippen molar-refractivity contribution in [3.8, 4) is 0 Å². The molecule has 0 radical (unpaired) electrons. The lowest BCUT2D eigenvalue weighted by Gasteiger charge is -2.43. The number of anilines is 1. The maximum Gasteiger partial charge on any atom is 0.240 e. The number of aryl methyl sites for hydroxylation is 1. The van der Waals surface area contributed by atoms with Crippen LogP contribution in [0.25, 0.3) is 0 Å². The van der Waals surface area contributed by atoms with Gasteiger partial charge in [0.2, 0.25) is 15.9 Å². The number of carbonyl (C=O) groups is 1. The summed E-state index contributed by atoms with van der Waals surface area (Å²) < 4.78 is 26.5. The Labute approximate surface area is 161 Å². The molecule has 2 fully saturated rings. The minimum Gasteiger partial charge on any atom is -0.327 e. The van der Waals surface area contributed by atoms with Gasteiger partial charge in [-0.25, -0.2) is 13.1 Å². The van der Waals surface area contributed by atoms with Gasteiger partial charge in [-0.05, 0) is 69.2 Å². The Kier molecular flexibility index (Phi) is 6.71. The number of amides is 1. The lowest BCUT2D eigenvalue weighted by Crippen LogP contribution is -2.48. The molecule has 2 aliphatic rings. The van der Waals surface area contributed by atoms with Gasteiger partial charge in [0.15, 0.2) is 0 Å². The van der Waals surface area contributed by atoms with Crippen molar-refractivity contribution in [2.45, 2.75) is 50.0 Å². The zero-order valence-electron chi connectivity index (χ0n) is 15.2. The van der Waals surface area contributed by atoms with Gasteiger partial charge in [-0.15, -0.1) is 12.4 Å². The number of sulfonamides is 1. The van der Waals surface area contributed by atoms with Gasteiger partial charge >= 0.3 is 0 Å². The van der Waals surface area contributed by atoms with Gasteiger partial charge in [0.25, 0.3) is 0 Å². The van der Waals surface area contributed by atoms with Gasteiger partial charge in [-0.2, -0.15) is 0 Å². The van der Waals surface area contributed by atoms with Crippen molar-refractivity contribution in [3.05, 3.63) is 23.8 Å². The van der Waals surface area contributed by atoms with Gasteiger partial charge in [-0.1, -0.05) is 12.5 Å². The van der Waals surface area contributed by atoms with Crippen molar-refractivity contribution in [1.82, 2.24) is 4.72 Å². The van der Waals surface area contributed by atoms with E-state index in [1.807, 2.05) is 0 Å². The molecule has 4 N–H and O–H groups in total. The van der Waals surface area contributed by atoms with E-state index in [1.54, 1.807) is 19.1 Å². The second-order valence-electron chi connectivity index (χ2n) is 7.37. The predicted octanol–water partition coefficient (Wildman–Crippen LogP) is 2.42. The van der Waals surface area contributed by atoms with Crippen LogP contribution in [-0.4, -0.2) is 27.4 Å². The van der Waals surface area contributed by atoms with Crippen molar-refractivity contribution in [1.29, 1.82) is 0 Å². The second kappa shape index (κ2) is 8.25. The molecular formula is C18H28ClN3O3S. The minimum atomic E-state index is -3.55. The monoisotopic (exact) mass is 401 g/mol. The Morgan fingerprint density at radius 1 is 1.19 bits per heavy atom. The highest BCUT2D eigenvalue weighted by Gasteiger charge is 2.40. The molecule has 3 rings (SSSR count). The van der Waals surface area contributed by atoms with Gasteiger partial charge in [-0.3, -0.25) is 4.79 Å². The summed E-state index contributed by atoms with van der Waals surface area (Å²) >= 11 is 0. The third-order valence-electron chi connectivity index (χ3n) is 5.80. The van der Waals surface area contributed by atoms with E-state index >= 15 is 0 Å². The van der Waals surface area contributed by atoms with E-state index in [-0.39, 0.29) is 35.2 Å². The molecule has 1 aromatic carbocycles. The molecule has 0 aromatic heterocycles. The maximum atomic E-state index is 12.7. The molecule has 2 saturated carbocycles. The second-order valence-corrected chi connectivity index (χ2v) is 9.23. The summed E-state index contributed by atoms with van der Waals surface area (Å²) in [6.45, 7) is 1.74. The van der Waals surface area contributed by atoms with Gasteiger partial charge in [0, 0.05) is 17.6 Å². The molecule has 146 valence electrons. The number of fused-ring (bicyclic) bond motifs is 2. The van der Waals surface area contributed by atoms with E-state index in [0.717, 1.165) is 25.7 Å². The van der Waals surface area contributed by atoms with E-state index in [9.17, 15) is 13.2 Å². The molecule has 0 heterocycles. The molecule has 2 atom stereocenters. The molecule has 0 aliphatic heterocycles. The third kappa shape index (κ3) is 4.22. The largest absolute Gasteiger partial charge is 0.327 e. The molecule has 8 heteroatoms. The number of carbonyl (C=O) groups excluding carboxylic acids is 1. The maximum absolute atomic E-state index is 12.7. The lowest BCUT2D eigenvalue weighted by molar-refractivity contribution is -0.122. The zero-order valence-corrected chi connectivity index (χ0v) is 16.8. The molecule has 2 aliphatic carbocycles. The first-order valence-corrected chi connectivity index (χ1v) is 10.4. The van der Waals surface area contributed by atoms with Crippen LogP contribution in [0.1, 0.15) is 37.7 Å². The first-order chi connectivity index (χ1) is 11.8. The Morgan fingerprint density at radius 3 is 2.38 bits per heavy atom. The fraction of sp³-hybridized carbons (Fsp3) is 0.611. The molecule has 26 heavy (non-hydrogen) atoms. The van der Waals surface area contributed by atoms with Crippen molar-refractivity contribution in [3.63, 3.8) is 0 Å². The van der Waals surface area contributed by atoms with Crippen molar-refractivity contribution >= 4 is 34.0 Å². The number of benzene rings is 1. The van der Waals surface area contributed by atoms with E-state index in [2.05, 4.69) is 10.0 Å². The van der Waals surface area contributed by atoms with Crippen LogP contribution >= 0.6 is 12.4 Å². The molecule has 1 aromatic rings. The van der Waals surface area contributed by atoms with E-state index in [4.69, 9.17) is 5.73 Å². The number of nitrogens with one attached hydrogen (secondary N) is 2. The molecule has 6 nitrogen and oxygen atoms in total. The average Bonchev–Trinajstić information content (AvgIpc) is 2.56. The van der Waals surface area contributed by atoms with Gasteiger partial charge in [0.1, 0.15) is 0 Å². The summed E-state index contributed by atoms with van der Waals surface area (Å²) in [6.07, 6.45) is 5.09. The lowest BCUT2D eigenvalue weighted by atomic mass is 9.65. The van der Waals surface area contributed by atoms with Crippen molar-refractivity contribution in [2.24, 2.45) is 23.5 Å². The van der Waals surface area contributed by atoms with Crippen LogP contribution in [0.2, 0.25) is 0 Å². The van der Waals surface area contributed by atoms with Crippen molar-refractivity contribution in [2.75, 3.05) is 12.4 Å². The summed E-state index contributed by atoms with van der Waals surface area (Å²) in [5.74, 6) is 0.796. The average molecular weight is 402 g/mol. The Morgan fingerprint density at radius 2 is 1.81 bits per heavy atom. The smallest absolute Gasteiger partial charge is 0.240 e. The standard InChI is InChI=1S/C18H27N3O3S.ClH/c1-11-6-7-15(10-16(11)25(23,24)20-2)21-18(22)14-8-12-4-3-5-13(9-14)17(12)19;/h6-7,10,12-14,17,20H,3-5,8-9,19H2,1-2H3,(H,21,22);1H. The Bertz CT molecular complexity index is 755. The Balaban J connectivity index is 0.00000243. The fourth-order valence-corrected chi connectivity index (χ4v) is 5.32. The van der Waals surface area contributed by atoms with Crippen LogP contribution < -0.4 is 15.8 Å². The summed E-state index contributed by atoms with van der Waals surface area (Å²) in [5, 5.41) is 2.91. The number of nitrogens with two attached hydrogens (primary N) is 1. The normalized spacial score (nSPS) is 28.1. The Hall–Kier alpha value is -1.15. The summed E-state index contributed by atoms with van der Waals surface area (Å²) in [7, 11) is -2.17. The number of hydrogen-bond donors (Lipinski definition) is 3. The predicted molar refractivity (Wildman–Crippen MR) is 105 cm³/mol. The summed E-state index contributed by atoms with van der Waals surface area (Å²) in [4.78, 5) is 12.9. The van der Waals surface area contributed by atoms with Crippen LogP contribution in [0.4, 0.5) is 5.69 Å². The van der Waals surface area contributed by atoms with Crippen LogP contribution in [-0.2, 0) is 14.8 Å². The first-order valence-electron chi connectivity index (χ1n) is 8.92. The topological polar surface area (TPSA) is 101 Å². The highest BCUT2D eigenvalue weighted by molar-refractivity contribution is 7.89. The highest BCUT2D eigenvalue weighted by atomic mass is 35.5. The van der Waals surface area contributed by atoms with Crippen molar-refractivity contribution < 1.29 is 13.2 Å². The van der Waals surface area contributed by atoms with Crippen LogP contribution in [0.15, 0.2) is 23.1 Å². The molecule has 0 saturated heterocycles. The van der Waals surface area contributed by atoms with E-state index in [0.29, 0.717) is 23.1 Å². The quantitative estimate of drug-likeness (QED) is 0.721. The summed E-state index contributed by atoms with van der Waals surface area (Å²) in [5.41, 5.74) is 7.46. The van der Waals surface area contributed by atoms with Crippen LogP contribution in [0.5, 0.6) is 0 Å². The molecule has 2 bridgehead atoms. The van der Waals surface area contributed by atoms with E-state index in [1.165, 1.54) is 19.5 Å². The van der Waals surface area contributed by atoms with Crippen LogP contribution in [0, 0.1) is 24.7 Å². The molecule has 0 spiro atoms. The first kappa shape index (κ1) is 21.2. The molecular weight excluding hydrogens is 374 g/mol. The molecule has 2 unspecified atom stereocenters. The summed E-state index contributed by atoms with van der Waals surface area (Å²) in [6, 6.07) is 5.21. The fourth-order valence-electron chi connectivity index (χ4n) is 4.32. The van der Waals surface area contributed by atoms with Gasteiger partial charge in [0.05, 0.1) is 4.90 Å². The minimum absolute atomic E-state index is 0. The van der Waals surface area contributed by atoms with E-state index < -0.39 is 10.0 Å². The highest BCUT2D eigenvalue weighted by Crippen LogP contribution is 2.42. The third-order valence-corrected chi connectivity index (χ3v) is 7.35. The number of hydrogen-bond acceptors (Lipinski definition) is 4. The number of halogens is 1. The van der Waals surface area contributed by atoms with Crippen LogP contribution in [0.3, 0.4) is 0 Å². The zero-order chi connectivity index (χ0) is 18.2. The SMILES string of the molecule is CNS(=O)(=O)c1cc(NC(=O)C2CC3CCCC(C2)C3N)ccc1C.Cl. The number of rotatable bonds is 4. The van der Waals surface area contributed by atoms with Gasteiger partial charge < -0.3 is 11.1 Å². The molecule has 1 amide bonds.